The molecule has 0 aliphatic rings. The summed E-state index contributed by atoms with van der Waals surface area (Å²) in [6.07, 6.45) is 0.275. The van der Waals surface area contributed by atoms with Gasteiger partial charge in [0, 0.05) is 28.2 Å². The van der Waals surface area contributed by atoms with Crippen LogP contribution in [0.1, 0.15) is 34.0 Å². The summed E-state index contributed by atoms with van der Waals surface area (Å²) in [6, 6.07) is 16.4. The maximum atomic E-state index is 12.4. The SMILES string of the molecule is O=C([O-])CCS[C@H](CC(=O)c1ccccc1)c1ccc(Cl)cc1. The molecule has 1 atom stereocenters. The van der Waals surface area contributed by atoms with E-state index in [1.54, 1.807) is 24.3 Å². The van der Waals surface area contributed by atoms with E-state index in [4.69, 9.17) is 11.6 Å². The highest BCUT2D eigenvalue weighted by Gasteiger charge is 2.17. The summed E-state index contributed by atoms with van der Waals surface area (Å²) in [5, 5.41) is 11.1. The fourth-order valence-corrected chi connectivity index (χ4v) is 3.46. The van der Waals surface area contributed by atoms with Crippen molar-refractivity contribution in [3.8, 4) is 0 Å². The molecule has 0 aliphatic carbocycles. The van der Waals surface area contributed by atoms with Crippen LogP contribution in [-0.4, -0.2) is 17.5 Å². The van der Waals surface area contributed by atoms with Crippen LogP contribution in [0.2, 0.25) is 5.02 Å². The minimum absolute atomic E-state index is 0.0334. The predicted molar refractivity (Wildman–Crippen MR) is 91.7 cm³/mol. The molecule has 120 valence electrons. The van der Waals surface area contributed by atoms with E-state index in [0.717, 1.165) is 5.56 Å². The number of hydrogen-bond donors (Lipinski definition) is 0. The van der Waals surface area contributed by atoms with E-state index in [9.17, 15) is 14.7 Å². The molecule has 0 bridgehead atoms. The van der Waals surface area contributed by atoms with Crippen LogP contribution in [-0.2, 0) is 4.79 Å². The smallest absolute Gasteiger partial charge is 0.164 e. The average Bonchev–Trinajstić information content (AvgIpc) is 2.55. The number of ketones is 1. The highest BCUT2D eigenvalue weighted by atomic mass is 35.5. The summed E-state index contributed by atoms with van der Waals surface area (Å²) in [5.74, 6) is -0.647. The van der Waals surface area contributed by atoms with E-state index >= 15 is 0 Å². The Balaban J connectivity index is 2.10. The first-order valence-electron chi connectivity index (χ1n) is 7.21. The number of halogens is 1. The Morgan fingerprint density at radius 3 is 2.30 bits per heavy atom. The van der Waals surface area contributed by atoms with Crippen LogP contribution in [0.15, 0.2) is 54.6 Å². The second kappa shape index (κ2) is 8.75. The van der Waals surface area contributed by atoms with Gasteiger partial charge in [0.1, 0.15) is 0 Å². The second-order valence-corrected chi connectivity index (χ2v) is 6.77. The van der Waals surface area contributed by atoms with Gasteiger partial charge >= 0.3 is 0 Å². The van der Waals surface area contributed by atoms with Gasteiger partial charge in [-0.3, -0.25) is 4.79 Å². The lowest BCUT2D eigenvalue weighted by atomic mass is 10.0. The summed E-state index contributed by atoms with van der Waals surface area (Å²) in [7, 11) is 0. The number of carboxylic acids is 1. The van der Waals surface area contributed by atoms with Crippen LogP contribution < -0.4 is 5.11 Å². The van der Waals surface area contributed by atoms with Crippen LogP contribution in [0.3, 0.4) is 0 Å². The summed E-state index contributed by atoms with van der Waals surface area (Å²) in [6.45, 7) is 0. The Kier molecular flexibility index (Phi) is 6.68. The lowest BCUT2D eigenvalue weighted by Crippen LogP contribution is -2.22. The maximum Gasteiger partial charge on any atom is 0.164 e. The number of Topliss-reactive ketones (excluding diaryl/α,β-unsaturated/α-hetero) is 1. The van der Waals surface area contributed by atoms with Crippen molar-refractivity contribution in [1.82, 2.24) is 0 Å². The van der Waals surface area contributed by atoms with Crippen molar-refractivity contribution < 1.29 is 14.7 Å². The van der Waals surface area contributed by atoms with Crippen molar-refractivity contribution in [3.63, 3.8) is 0 Å². The van der Waals surface area contributed by atoms with E-state index in [-0.39, 0.29) is 17.5 Å². The Morgan fingerprint density at radius 2 is 1.70 bits per heavy atom. The van der Waals surface area contributed by atoms with E-state index in [1.807, 2.05) is 30.3 Å². The van der Waals surface area contributed by atoms with Crippen molar-refractivity contribution in [2.75, 3.05) is 5.75 Å². The van der Waals surface area contributed by atoms with Crippen LogP contribution in [0.5, 0.6) is 0 Å². The van der Waals surface area contributed by atoms with E-state index in [1.165, 1.54) is 11.8 Å². The molecule has 0 N–H and O–H groups in total. The molecule has 2 aromatic carbocycles. The Bertz CT molecular complexity index is 656. The van der Waals surface area contributed by atoms with Crippen molar-refractivity contribution in [2.24, 2.45) is 0 Å². The highest BCUT2D eigenvalue weighted by molar-refractivity contribution is 7.99. The zero-order chi connectivity index (χ0) is 16.7. The number of carboxylic acid groups (broad SMARTS) is 1. The molecule has 5 heteroatoms. The molecule has 0 aromatic heterocycles. The molecule has 2 rings (SSSR count). The van der Waals surface area contributed by atoms with Crippen molar-refractivity contribution in [1.29, 1.82) is 0 Å². The molecule has 0 amide bonds. The monoisotopic (exact) mass is 347 g/mol. The van der Waals surface area contributed by atoms with Crippen LogP contribution in [0.4, 0.5) is 0 Å². The third-order valence-corrected chi connectivity index (χ3v) is 4.87. The van der Waals surface area contributed by atoms with Gasteiger partial charge in [-0.15, -0.1) is 0 Å². The van der Waals surface area contributed by atoms with Crippen LogP contribution in [0.25, 0.3) is 0 Å². The normalized spacial score (nSPS) is 11.9. The molecule has 3 nitrogen and oxygen atoms in total. The third kappa shape index (κ3) is 5.73. The molecule has 0 spiro atoms. The standard InChI is InChI=1S/C18H17ClO3S/c19-15-8-6-14(7-9-15)17(23-11-10-18(21)22)12-16(20)13-4-2-1-3-5-13/h1-9,17H,10-12H2,(H,21,22)/p-1/t17-/m1/s1. The first-order valence-corrected chi connectivity index (χ1v) is 8.64. The number of benzene rings is 2. The molecule has 23 heavy (non-hydrogen) atoms. The summed E-state index contributed by atoms with van der Waals surface area (Å²) >= 11 is 7.35. The number of thioether (sulfide) groups is 1. The molecular formula is C18H16ClO3S-. The van der Waals surface area contributed by atoms with Gasteiger partial charge in [0.2, 0.25) is 0 Å². The van der Waals surface area contributed by atoms with Gasteiger partial charge in [-0.25, -0.2) is 0 Å². The van der Waals surface area contributed by atoms with Crippen LogP contribution in [0, 0.1) is 0 Å². The summed E-state index contributed by atoms with van der Waals surface area (Å²) in [5.41, 5.74) is 1.62. The fraction of sp³-hybridized carbons (Fsp3) is 0.222. The molecule has 0 radical (unpaired) electrons. The van der Waals surface area contributed by atoms with Gasteiger partial charge in [0.25, 0.3) is 0 Å². The highest BCUT2D eigenvalue weighted by Crippen LogP contribution is 2.34. The van der Waals surface area contributed by atoms with Gasteiger partial charge in [-0.1, -0.05) is 54.1 Å². The number of carbonyl (C=O) groups excluding carboxylic acids is 2. The van der Waals surface area contributed by atoms with Gasteiger partial charge in [-0.2, -0.15) is 11.8 Å². The van der Waals surface area contributed by atoms with Crippen molar-refractivity contribution in [3.05, 3.63) is 70.7 Å². The average molecular weight is 348 g/mol. The second-order valence-electron chi connectivity index (χ2n) is 5.03. The van der Waals surface area contributed by atoms with Gasteiger partial charge in [0.05, 0.1) is 0 Å². The first-order chi connectivity index (χ1) is 11.1. The number of carbonyl (C=O) groups is 2. The molecule has 0 saturated carbocycles. The minimum Gasteiger partial charge on any atom is -0.550 e. The lowest BCUT2D eigenvalue weighted by molar-refractivity contribution is -0.305. The molecule has 0 saturated heterocycles. The van der Waals surface area contributed by atoms with Crippen molar-refractivity contribution in [2.45, 2.75) is 18.1 Å². The zero-order valence-electron chi connectivity index (χ0n) is 12.4. The number of aliphatic carboxylic acids is 1. The largest absolute Gasteiger partial charge is 0.550 e. The molecule has 0 heterocycles. The van der Waals surface area contributed by atoms with E-state index in [2.05, 4.69) is 0 Å². The first kappa shape index (κ1) is 17.6. The molecule has 2 aromatic rings. The zero-order valence-corrected chi connectivity index (χ0v) is 14.0. The minimum atomic E-state index is -1.08. The summed E-state index contributed by atoms with van der Waals surface area (Å²) in [4.78, 5) is 23.0. The number of rotatable bonds is 8. The topological polar surface area (TPSA) is 57.2 Å². The molecule has 0 unspecified atom stereocenters. The Hall–Kier alpha value is -1.78. The fourth-order valence-electron chi connectivity index (χ4n) is 2.15. The Morgan fingerprint density at radius 1 is 1.04 bits per heavy atom. The maximum absolute atomic E-state index is 12.4. The third-order valence-electron chi connectivity index (χ3n) is 3.33. The number of hydrogen-bond acceptors (Lipinski definition) is 4. The quantitative estimate of drug-likeness (QED) is 0.685. The molecule has 0 fully saturated rings. The van der Waals surface area contributed by atoms with E-state index in [0.29, 0.717) is 22.8 Å². The Labute approximate surface area is 144 Å². The van der Waals surface area contributed by atoms with E-state index < -0.39 is 5.97 Å². The predicted octanol–water partition coefficient (Wildman–Crippen LogP) is 3.53. The van der Waals surface area contributed by atoms with Crippen LogP contribution >= 0.6 is 23.4 Å². The van der Waals surface area contributed by atoms with Crippen molar-refractivity contribution >= 4 is 35.1 Å². The van der Waals surface area contributed by atoms with Gasteiger partial charge in [-0.05, 0) is 29.9 Å². The van der Waals surface area contributed by atoms with Gasteiger partial charge < -0.3 is 9.90 Å². The summed E-state index contributed by atoms with van der Waals surface area (Å²) < 4.78 is 0. The molecule has 0 aliphatic heterocycles. The lowest BCUT2D eigenvalue weighted by Gasteiger charge is -2.17. The molecular weight excluding hydrogens is 332 g/mol. The van der Waals surface area contributed by atoms with Gasteiger partial charge in [0.15, 0.2) is 5.78 Å².